The zero-order valence-corrected chi connectivity index (χ0v) is 8.82. The van der Waals surface area contributed by atoms with Gasteiger partial charge < -0.3 is 4.74 Å². The van der Waals surface area contributed by atoms with Gasteiger partial charge in [0.2, 0.25) is 0 Å². The summed E-state index contributed by atoms with van der Waals surface area (Å²) in [5.74, 6) is 0.00116. The molecular formula is C10H13FOS. The Morgan fingerprint density at radius 3 is 2.62 bits per heavy atom. The van der Waals surface area contributed by atoms with Crippen LogP contribution in [0.3, 0.4) is 0 Å². The molecule has 0 fully saturated rings. The number of thioether (sulfide) groups is 1. The second kappa shape index (κ2) is 4.51. The van der Waals surface area contributed by atoms with Crippen LogP contribution in [0.2, 0.25) is 0 Å². The van der Waals surface area contributed by atoms with E-state index in [1.54, 1.807) is 23.9 Å². The van der Waals surface area contributed by atoms with Crippen LogP contribution < -0.4 is 4.74 Å². The van der Waals surface area contributed by atoms with Gasteiger partial charge in [0.05, 0.1) is 7.11 Å². The molecule has 0 aliphatic carbocycles. The molecule has 0 aliphatic heterocycles. The Morgan fingerprint density at radius 1 is 1.38 bits per heavy atom. The van der Waals surface area contributed by atoms with E-state index in [0.717, 1.165) is 4.90 Å². The van der Waals surface area contributed by atoms with Gasteiger partial charge in [0.25, 0.3) is 0 Å². The summed E-state index contributed by atoms with van der Waals surface area (Å²) in [6.07, 6.45) is 0. The lowest BCUT2D eigenvalue weighted by atomic mass is 10.3. The van der Waals surface area contributed by atoms with Gasteiger partial charge in [-0.2, -0.15) is 0 Å². The number of hydrogen-bond acceptors (Lipinski definition) is 2. The molecule has 0 bridgehead atoms. The highest BCUT2D eigenvalue weighted by Crippen LogP contribution is 2.27. The molecule has 72 valence electrons. The average Bonchev–Trinajstić information content (AvgIpc) is 2.07. The number of hydrogen-bond donors (Lipinski definition) is 0. The van der Waals surface area contributed by atoms with Crippen molar-refractivity contribution >= 4 is 11.8 Å². The fraction of sp³-hybridized carbons (Fsp3) is 0.400. The Hall–Kier alpha value is -0.700. The zero-order chi connectivity index (χ0) is 9.84. The summed E-state index contributed by atoms with van der Waals surface area (Å²) >= 11 is 1.69. The van der Waals surface area contributed by atoms with Crippen LogP contribution in [0.1, 0.15) is 13.8 Å². The minimum absolute atomic E-state index is 0.310. The maximum atomic E-state index is 13.0. The van der Waals surface area contributed by atoms with E-state index in [9.17, 15) is 4.39 Å². The highest BCUT2D eigenvalue weighted by molar-refractivity contribution is 7.99. The summed E-state index contributed by atoms with van der Waals surface area (Å²) in [4.78, 5) is 1.04. The van der Waals surface area contributed by atoms with E-state index < -0.39 is 0 Å². The first kappa shape index (κ1) is 10.4. The fourth-order valence-electron chi connectivity index (χ4n) is 0.986. The summed E-state index contributed by atoms with van der Waals surface area (Å²) < 4.78 is 17.9. The number of methoxy groups -OCH3 is 1. The van der Waals surface area contributed by atoms with Crippen LogP contribution in [0.4, 0.5) is 4.39 Å². The molecule has 0 saturated carbocycles. The molecule has 1 aromatic carbocycles. The van der Waals surface area contributed by atoms with Crippen LogP contribution in [-0.4, -0.2) is 12.4 Å². The third kappa shape index (κ3) is 2.92. The Labute approximate surface area is 82.3 Å². The Morgan fingerprint density at radius 2 is 2.08 bits per heavy atom. The first-order chi connectivity index (χ1) is 6.13. The number of rotatable bonds is 3. The molecule has 1 nitrogen and oxygen atoms in total. The number of ether oxygens (including phenoxy) is 1. The number of benzene rings is 1. The molecule has 3 heteroatoms. The van der Waals surface area contributed by atoms with E-state index in [1.165, 1.54) is 13.2 Å². The van der Waals surface area contributed by atoms with Crippen LogP contribution in [0.15, 0.2) is 23.1 Å². The highest BCUT2D eigenvalue weighted by Gasteiger charge is 2.04. The summed E-state index contributed by atoms with van der Waals surface area (Å²) in [7, 11) is 1.47. The highest BCUT2D eigenvalue weighted by atomic mass is 32.2. The SMILES string of the molecule is COc1cc(SC(C)C)ccc1F. The van der Waals surface area contributed by atoms with E-state index in [1.807, 2.05) is 0 Å². The molecule has 0 atom stereocenters. The van der Waals surface area contributed by atoms with Gasteiger partial charge >= 0.3 is 0 Å². The lowest BCUT2D eigenvalue weighted by Crippen LogP contribution is -1.90. The summed E-state index contributed by atoms with van der Waals surface area (Å²) in [6.45, 7) is 4.20. The largest absolute Gasteiger partial charge is 0.494 e. The molecule has 13 heavy (non-hydrogen) atoms. The minimum Gasteiger partial charge on any atom is -0.494 e. The lowest BCUT2D eigenvalue weighted by Gasteiger charge is -2.07. The van der Waals surface area contributed by atoms with Crippen molar-refractivity contribution in [2.24, 2.45) is 0 Å². The quantitative estimate of drug-likeness (QED) is 0.692. The van der Waals surface area contributed by atoms with Crippen molar-refractivity contribution in [3.05, 3.63) is 24.0 Å². The molecule has 0 aromatic heterocycles. The molecule has 0 N–H and O–H groups in total. The van der Waals surface area contributed by atoms with E-state index >= 15 is 0 Å². The van der Waals surface area contributed by atoms with Crippen LogP contribution in [0.25, 0.3) is 0 Å². The van der Waals surface area contributed by atoms with Gasteiger partial charge in [-0.3, -0.25) is 0 Å². The van der Waals surface area contributed by atoms with E-state index in [0.29, 0.717) is 11.0 Å². The number of halogens is 1. The van der Waals surface area contributed by atoms with Crippen LogP contribution in [-0.2, 0) is 0 Å². The van der Waals surface area contributed by atoms with Crippen molar-refractivity contribution < 1.29 is 9.13 Å². The van der Waals surface area contributed by atoms with Crippen molar-refractivity contribution in [3.8, 4) is 5.75 Å². The molecule has 0 unspecified atom stereocenters. The Kier molecular flexibility index (Phi) is 3.60. The minimum atomic E-state index is -0.310. The Bertz CT molecular complexity index is 286. The van der Waals surface area contributed by atoms with Gasteiger partial charge in [0, 0.05) is 10.1 Å². The summed E-state index contributed by atoms with van der Waals surface area (Å²) in [6, 6.07) is 4.92. The fourth-order valence-corrected chi connectivity index (χ4v) is 1.85. The normalized spacial score (nSPS) is 10.5. The lowest BCUT2D eigenvalue weighted by molar-refractivity contribution is 0.385. The second-order valence-electron chi connectivity index (χ2n) is 2.96. The second-order valence-corrected chi connectivity index (χ2v) is 4.61. The Balaban J connectivity index is 2.86. The van der Waals surface area contributed by atoms with E-state index in [4.69, 9.17) is 4.74 Å². The third-order valence-electron chi connectivity index (χ3n) is 1.49. The van der Waals surface area contributed by atoms with Gasteiger partial charge in [-0.15, -0.1) is 11.8 Å². The van der Waals surface area contributed by atoms with Crippen LogP contribution >= 0.6 is 11.8 Å². The van der Waals surface area contributed by atoms with Crippen molar-refractivity contribution in [3.63, 3.8) is 0 Å². The van der Waals surface area contributed by atoms with Crippen LogP contribution in [0.5, 0.6) is 5.75 Å². The van der Waals surface area contributed by atoms with Gasteiger partial charge in [-0.1, -0.05) is 13.8 Å². The molecule has 0 spiro atoms. The predicted octanol–water partition coefficient (Wildman–Crippen LogP) is 3.33. The average molecular weight is 200 g/mol. The molecule has 0 amide bonds. The third-order valence-corrected chi connectivity index (χ3v) is 2.49. The monoisotopic (exact) mass is 200 g/mol. The zero-order valence-electron chi connectivity index (χ0n) is 8.00. The smallest absolute Gasteiger partial charge is 0.165 e. The summed E-state index contributed by atoms with van der Waals surface area (Å²) in [5, 5.41) is 0.496. The first-order valence-electron chi connectivity index (χ1n) is 4.13. The van der Waals surface area contributed by atoms with E-state index in [2.05, 4.69) is 13.8 Å². The van der Waals surface area contributed by atoms with E-state index in [-0.39, 0.29) is 5.82 Å². The van der Waals surface area contributed by atoms with Crippen molar-refractivity contribution in [1.82, 2.24) is 0 Å². The summed E-state index contributed by atoms with van der Waals surface area (Å²) in [5.41, 5.74) is 0. The molecule has 0 aliphatic rings. The van der Waals surface area contributed by atoms with Gasteiger partial charge in [-0.25, -0.2) is 4.39 Å². The van der Waals surface area contributed by atoms with Gasteiger partial charge in [-0.05, 0) is 18.2 Å². The molecule has 1 rings (SSSR count). The molecule has 0 heterocycles. The van der Waals surface area contributed by atoms with Crippen LogP contribution in [0, 0.1) is 5.82 Å². The standard InChI is InChI=1S/C10H13FOS/c1-7(2)13-8-4-5-9(11)10(6-8)12-3/h4-7H,1-3H3. The maximum absolute atomic E-state index is 13.0. The molecule has 0 saturated heterocycles. The molecule has 0 radical (unpaired) electrons. The van der Waals surface area contributed by atoms with Crippen molar-refractivity contribution in [2.75, 3.05) is 7.11 Å². The first-order valence-corrected chi connectivity index (χ1v) is 5.01. The van der Waals surface area contributed by atoms with Crippen molar-refractivity contribution in [2.45, 2.75) is 24.0 Å². The molecule has 1 aromatic rings. The van der Waals surface area contributed by atoms with Gasteiger partial charge in [0.1, 0.15) is 0 Å². The maximum Gasteiger partial charge on any atom is 0.165 e. The predicted molar refractivity (Wildman–Crippen MR) is 53.9 cm³/mol. The topological polar surface area (TPSA) is 9.23 Å². The van der Waals surface area contributed by atoms with Crippen molar-refractivity contribution in [1.29, 1.82) is 0 Å². The van der Waals surface area contributed by atoms with Gasteiger partial charge in [0.15, 0.2) is 11.6 Å². The molecular weight excluding hydrogens is 187 g/mol.